The first-order valence-electron chi connectivity index (χ1n) is 8.57. The second-order valence-electron chi connectivity index (χ2n) is 6.69. The van der Waals surface area contributed by atoms with Gasteiger partial charge in [-0.05, 0) is 6.07 Å². The number of rotatable bonds is 1. The lowest BCUT2D eigenvalue weighted by Gasteiger charge is -2.39. The predicted molar refractivity (Wildman–Crippen MR) is 92.6 cm³/mol. The summed E-state index contributed by atoms with van der Waals surface area (Å²) in [4.78, 5) is 11.1. The van der Waals surface area contributed by atoms with Gasteiger partial charge in [-0.3, -0.25) is 5.10 Å². The largest absolute Gasteiger partial charge is 0.485 e. The molecule has 1 spiro atoms. The molecule has 0 bridgehead atoms. The molecule has 1 fully saturated rings. The van der Waals surface area contributed by atoms with E-state index in [4.69, 9.17) is 9.47 Å². The smallest absolute Gasteiger partial charge is 0.160 e. The first kappa shape index (κ1) is 14.7. The van der Waals surface area contributed by atoms with Crippen LogP contribution in [-0.4, -0.2) is 45.5 Å². The van der Waals surface area contributed by atoms with Gasteiger partial charge < -0.3 is 14.4 Å². The highest BCUT2D eigenvalue weighted by Crippen LogP contribution is 2.37. The van der Waals surface area contributed by atoms with Gasteiger partial charge in [0.1, 0.15) is 23.5 Å². The summed E-state index contributed by atoms with van der Waals surface area (Å²) in [6, 6.07) is 8.26. The molecule has 0 atom stereocenters. The minimum Gasteiger partial charge on any atom is -0.485 e. The molecule has 0 amide bonds. The Balaban J connectivity index is 1.62. The molecule has 1 aromatic carbocycles. The number of aromatic amines is 1. The lowest BCUT2D eigenvalue weighted by Crippen LogP contribution is -2.49. The molecule has 3 aromatic rings. The summed E-state index contributed by atoms with van der Waals surface area (Å²) in [6.07, 6.45) is 5.12. The Morgan fingerprint density at radius 3 is 2.92 bits per heavy atom. The van der Waals surface area contributed by atoms with E-state index in [1.165, 1.54) is 5.56 Å². The number of ether oxygens (including phenoxy) is 2. The molecule has 1 N–H and O–H groups in total. The highest BCUT2D eigenvalue weighted by molar-refractivity contribution is 5.86. The summed E-state index contributed by atoms with van der Waals surface area (Å²) in [6.45, 7) is 2.96. The van der Waals surface area contributed by atoms with Crippen molar-refractivity contribution in [2.45, 2.75) is 25.0 Å². The van der Waals surface area contributed by atoms with Crippen LogP contribution in [0.25, 0.3) is 11.0 Å². The fourth-order valence-corrected chi connectivity index (χ4v) is 3.77. The number of nitrogens with one attached hydrogen (secondary N) is 1. The average Bonchev–Trinajstić information content (AvgIpc) is 3.06. The number of fused-ring (bicyclic) bond motifs is 2. The summed E-state index contributed by atoms with van der Waals surface area (Å²) < 4.78 is 12.1. The molecule has 0 unspecified atom stereocenters. The van der Waals surface area contributed by atoms with Crippen LogP contribution in [0.5, 0.6) is 5.75 Å². The van der Waals surface area contributed by atoms with Crippen LogP contribution in [-0.2, 0) is 11.3 Å². The average molecular weight is 337 g/mol. The van der Waals surface area contributed by atoms with E-state index >= 15 is 0 Å². The highest BCUT2D eigenvalue weighted by Gasteiger charge is 2.40. The Bertz CT molecular complexity index is 903. The zero-order chi connectivity index (χ0) is 16.7. The summed E-state index contributed by atoms with van der Waals surface area (Å²) >= 11 is 0. The zero-order valence-corrected chi connectivity index (χ0v) is 13.8. The Morgan fingerprint density at radius 2 is 2.00 bits per heavy atom. The van der Waals surface area contributed by atoms with Crippen LogP contribution in [0.3, 0.4) is 0 Å². The SMILES string of the molecule is c1ccc2c(c1)CN(c1ncnc3[nH]ncc13)CC1(CCOCC1)O2. The third-order valence-electron chi connectivity index (χ3n) is 5.07. The molecule has 0 saturated carbocycles. The number of nitrogens with zero attached hydrogens (tertiary/aromatic N) is 4. The first-order chi connectivity index (χ1) is 12.3. The van der Waals surface area contributed by atoms with Gasteiger partial charge in [0.15, 0.2) is 5.65 Å². The van der Waals surface area contributed by atoms with Gasteiger partial charge in [0, 0.05) is 24.9 Å². The van der Waals surface area contributed by atoms with Crippen molar-refractivity contribution in [1.29, 1.82) is 0 Å². The van der Waals surface area contributed by atoms with Gasteiger partial charge in [-0.15, -0.1) is 0 Å². The number of hydrogen-bond acceptors (Lipinski definition) is 6. The molecule has 5 rings (SSSR count). The lowest BCUT2D eigenvalue weighted by atomic mass is 9.93. The standard InChI is InChI=1S/C18H19N5O2/c1-2-4-15-13(3-1)10-23(11-18(25-15)5-7-24-8-6-18)17-14-9-21-22-16(14)19-12-20-17/h1-4,9,12H,5-8,10-11H2,(H,19,20,21,22). The first-order valence-corrected chi connectivity index (χ1v) is 8.57. The van der Waals surface area contributed by atoms with Crippen molar-refractivity contribution in [3.05, 3.63) is 42.4 Å². The molecule has 7 nitrogen and oxygen atoms in total. The van der Waals surface area contributed by atoms with Crippen molar-refractivity contribution >= 4 is 16.9 Å². The van der Waals surface area contributed by atoms with Crippen LogP contribution in [0.15, 0.2) is 36.8 Å². The van der Waals surface area contributed by atoms with Gasteiger partial charge in [-0.2, -0.15) is 5.10 Å². The van der Waals surface area contributed by atoms with Gasteiger partial charge in [-0.25, -0.2) is 9.97 Å². The van der Waals surface area contributed by atoms with E-state index < -0.39 is 0 Å². The summed E-state index contributed by atoms with van der Waals surface area (Å²) in [5.74, 6) is 1.86. The van der Waals surface area contributed by atoms with E-state index in [1.807, 2.05) is 6.07 Å². The number of anilines is 1. The number of aromatic nitrogens is 4. The second-order valence-corrected chi connectivity index (χ2v) is 6.69. The van der Waals surface area contributed by atoms with E-state index in [2.05, 4.69) is 43.3 Å². The van der Waals surface area contributed by atoms with Gasteiger partial charge in [0.2, 0.25) is 0 Å². The van der Waals surface area contributed by atoms with Gasteiger partial charge in [-0.1, -0.05) is 18.2 Å². The monoisotopic (exact) mass is 337 g/mol. The fraction of sp³-hybridized carbons (Fsp3) is 0.389. The van der Waals surface area contributed by atoms with Gasteiger partial charge in [0.05, 0.1) is 31.3 Å². The fourth-order valence-electron chi connectivity index (χ4n) is 3.77. The molecule has 2 aliphatic heterocycles. The number of H-pyrrole nitrogens is 1. The highest BCUT2D eigenvalue weighted by atomic mass is 16.5. The van der Waals surface area contributed by atoms with E-state index in [0.29, 0.717) is 0 Å². The normalized spacial score (nSPS) is 19.4. The third kappa shape index (κ3) is 2.51. The Hall–Kier alpha value is -2.67. The topological polar surface area (TPSA) is 76.2 Å². The summed E-state index contributed by atoms with van der Waals surface area (Å²) in [5, 5.41) is 7.98. The van der Waals surface area contributed by atoms with Crippen LogP contribution in [0.2, 0.25) is 0 Å². The van der Waals surface area contributed by atoms with Crippen molar-refractivity contribution < 1.29 is 9.47 Å². The van der Waals surface area contributed by atoms with Crippen molar-refractivity contribution in [3.8, 4) is 5.75 Å². The Labute approximate surface area is 145 Å². The van der Waals surface area contributed by atoms with E-state index in [0.717, 1.165) is 61.7 Å². The molecule has 128 valence electrons. The second kappa shape index (κ2) is 5.70. The van der Waals surface area contributed by atoms with Crippen LogP contribution in [0.1, 0.15) is 18.4 Å². The molecule has 25 heavy (non-hydrogen) atoms. The van der Waals surface area contributed by atoms with Crippen LogP contribution < -0.4 is 9.64 Å². The van der Waals surface area contributed by atoms with E-state index in [-0.39, 0.29) is 5.60 Å². The van der Waals surface area contributed by atoms with Crippen molar-refractivity contribution in [1.82, 2.24) is 20.2 Å². The Morgan fingerprint density at radius 1 is 1.12 bits per heavy atom. The Kier molecular flexibility index (Phi) is 3.34. The molecular weight excluding hydrogens is 318 g/mol. The number of benzene rings is 1. The molecular formula is C18H19N5O2. The van der Waals surface area contributed by atoms with Gasteiger partial charge >= 0.3 is 0 Å². The molecule has 0 aliphatic carbocycles. The van der Waals surface area contributed by atoms with Gasteiger partial charge in [0.25, 0.3) is 0 Å². The molecule has 2 aromatic heterocycles. The molecule has 0 radical (unpaired) electrons. The zero-order valence-electron chi connectivity index (χ0n) is 13.8. The van der Waals surface area contributed by atoms with Crippen LogP contribution >= 0.6 is 0 Å². The molecule has 7 heteroatoms. The maximum absolute atomic E-state index is 6.54. The van der Waals surface area contributed by atoms with E-state index in [9.17, 15) is 0 Å². The number of para-hydroxylation sites is 1. The van der Waals surface area contributed by atoms with Crippen molar-refractivity contribution in [2.75, 3.05) is 24.7 Å². The lowest BCUT2D eigenvalue weighted by molar-refractivity contribution is -0.0391. The van der Waals surface area contributed by atoms with E-state index in [1.54, 1.807) is 12.5 Å². The van der Waals surface area contributed by atoms with Crippen molar-refractivity contribution in [3.63, 3.8) is 0 Å². The molecule has 2 aliphatic rings. The predicted octanol–water partition coefficient (Wildman–Crippen LogP) is 2.30. The third-order valence-corrected chi connectivity index (χ3v) is 5.07. The minimum atomic E-state index is -0.258. The van der Waals surface area contributed by atoms with Crippen LogP contribution in [0.4, 0.5) is 5.82 Å². The molecule has 1 saturated heterocycles. The summed E-state index contributed by atoms with van der Waals surface area (Å²) in [5.41, 5.74) is 1.66. The maximum atomic E-state index is 6.54. The minimum absolute atomic E-state index is 0.258. The van der Waals surface area contributed by atoms with Crippen LogP contribution in [0, 0.1) is 0 Å². The molecule has 4 heterocycles. The quantitative estimate of drug-likeness (QED) is 0.734. The van der Waals surface area contributed by atoms with Crippen molar-refractivity contribution in [2.24, 2.45) is 0 Å². The number of hydrogen-bond donors (Lipinski definition) is 1. The maximum Gasteiger partial charge on any atom is 0.160 e. The summed E-state index contributed by atoms with van der Waals surface area (Å²) in [7, 11) is 0.